The first-order valence-electron chi connectivity index (χ1n) is 6.56. The van der Waals surface area contributed by atoms with Crippen LogP contribution >= 0.6 is 15.9 Å². The van der Waals surface area contributed by atoms with Crippen LogP contribution < -0.4 is 16.3 Å². The number of carbonyl (C=O) groups excluding carboxylic acids is 1. The summed E-state index contributed by atoms with van der Waals surface area (Å²) in [6.45, 7) is 1.69. The van der Waals surface area contributed by atoms with E-state index in [1.165, 1.54) is 0 Å². The van der Waals surface area contributed by atoms with Gasteiger partial charge in [0.05, 0.1) is 22.6 Å². The predicted molar refractivity (Wildman–Crippen MR) is 80.8 cm³/mol. The lowest BCUT2D eigenvalue weighted by Crippen LogP contribution is -2.37. The number of carbonyl (C=O) groups is 1. The fraction of sp³-hybridized carbons (Fsp3) is 0.385. The number of aromatic amines is 2. The number of anilines is 1. The second kappa shape index (κ2) is 5.41. The summed E-state index contributed by atoms with van der Waals surface area (Å²) in [6, 6.07) is 3.54. The highest BCUT2D eigenvalue weighted by Gasteiger charge is 2.21. The summed E-state index contributed by atoms with van der Waals surface area (Å²) in [4.78, 5) is 28.8. The molecule has 3 rings (SSSR count). The molecular formula is C13H15BrN4O2. The molecule has 20 heavy (non-hydrogen) atoms. The fourth-order valence-corrected chi connectivity index (χ4v) is 2.90. The Bertz CT molecular complexity index is 700. The van der Waals surface area contributed by atoms with Gasteiger partial charge in [-0.15, -0.1) is 0 Å². The molecule has 1 fully saturated rings. The summed E-state index contributed by atoms with van der Waals surface area (Å²) in [5.74, 6) is 0.00625. The Morgan fingerprint density at radius 2 is 2.05 bits per heavy atom. The molecule has 1 amide bonds. The summed E-state index contributed by atoms with van der Waals surface area (Å²) in [5.41, 5.74) is 1.80. The number of amides is 1. The molecule has 2 heterocycles. The maximum Gasteiger partial charge on any atom is 0.323 e. The van der Waals surface area contributed by atoms with Gasteiger partial charge in [-0.3, -0.25) is 4.79 Å². The van der Waals surface area contributed by atoms with Crippen molar-refractivity contribution in [2.24, 2.45) is 5.92 Å². The average Bonchev–Trinajstić information content (AvgIpc) is 2.79. The lowest BCUT2D eigenvalue weighted by atomic mass is 9.99. The Morgan fingerprint density at radius 1 is 1.30 bits per heavy atom. The predicted octanol–water partition coefficient (Wildman–Crippen LogP) is 1.56. The van der Waals surface area contributed by atoms with Gasteiger partial charge in [-0.05, 0) is 47.4 Å². The quantitative estimate of drug-likeness (QED) is 0.669. The lowest BCUT2D eigenvalue weighted by molar-refractivity contribution is -0.120. The molecule has 0 saturated carbocycles. The zero-order valence-corrected chi connectivity index (χ0v) is 12.3. The van der Waals surface area contributed by atoms with E-state index < -0.39 is 0 Å². The van der Waals surface area contributed by atoms with Crippen molar-refractivity contribution in [3.05, 3.63) is 27.1 Å². The average molecular weight is 339 g/mol. The highest BCUT2D eigenvalue weighted by atomic mass is 79.9. The fourth-order valence-electron chi connectivity index (χ4n) is 2.46. The number of benzene rings is 1. The van der Waals surface area contributed by atoms with E-state index in [2.05, 4.69) is 36.5 Å². The van der Waals surface area contributed by atoms with E-state index in [4.69, 9.17) is 0 Å². The third-order valence-corrected chi connectivity index (χ3v) is 4.19. The Labute approximate surface area is 123 Å². The molecule has 2 aromatic rings. The topological polar surface area (TPSA) is 89.8 Å². The van der Waals surface area contributed by atoms with Crippen LogP contribution in [0.1, 0.15) is 12.8 Å². The van der Waals surface area contributed by atoms with Gasteiger partial charge in [0.2, 0.25) is 5.91 Å². The number of halogens is 1. The summed E-state index contributed by atoms with van der Waals surface area (Å²) in [5, 5.41) is 6.14. The van der Waals surface area contributed by atoms with Crippen molar-refractivity contribution in [1.82, 2.24) is 15.3 Å². The standard InChI is InChI=1S/C13H15BrN4O2/c14-8-4-10-11(18-13(20)17-10)5-9(8)16-12(19)7-2-1-3-15-6-7/h4-5,7,15H,1-3,6H2,(H,16,19)(H2,17,18,20)/t7-/m0/s1. The van der Waals surface area contributed by atoms with E-state index in [1.54, 1.807) is 12.1 Å². The van der Waals surface area contributed by atoms with E-state index in [1.807, 2.05) is 0 Å². The summed E-state index contributed by atoms with van der Waals surface area (Å²) in [7, 11) is 0. The Hall–Kier alpha value is -1.60. The molecule has 1 saturated heterocycles. The van der Waals surface area contributed by atoms with Crippen LogP contribution in [0.25, 0.3) is 11.0 Å². The van der Waals surface area contributed by atoms with Crippen LogP contribution in [0.5, 0.6) is 0 Å². The van der Waals surface area contributed by atoms with Crippen LogP contribution in [0.15, 0.2) is 21.4 Å². The lowest BCUT2D eigenvalue weighted by Gasteiger charge is -2.22. The second-order valence-electron chi connectivity index (χ2n) is 4.99. The summed E-state index contributed by atoms with van der Waals surface area (Å²) >= 11 is 3.41. The van der Waals surface area contributed by atoms with E-state index in [9.17, 15) is 9.59 Å². The molecule has 0 radical (unpaired) electrons. The van der Waals surface area contributed by atoms with Gasteiger partial charge in [-0.1, -0.05) is 0 Å². The van der Waals surface area contributed by atoms with Gasteiger partial charge in [-0.25, -0.2) is 4.79 Å². The number of nitrogens with one attached hydrogen (secondary N) is 4. The molecule has 1 aromatic carbocycles. The highest BCUT2D eigenvalue weighted by Crippen LogP contribution is 2.27. The molecule has 7 heteroatoms. The minimum atomic E-state index is -0.258. The maximum absolute atomic E-state index is 12.2. The second-order valence-corrected chi connectivity index (χ2v) is 5.84. The molecule has 0 aliphatic carbocycles. The normalized spacial score (nSPS) is 19.1. The zero-order chi connectivity index (χ0) is 14.1. The van der Waals surface area contributed by atoms with E-state index in [-0.39, 0.29) is 17.5 Å². The van der Waals surface area contributed by atoms with Crippen LogP contribution in [0.3, 0.4) is 0 Å². The summed E-state index contributed by atoms with van der Waals surface area (Å²) < 4.78 is 0.748. The molecule has 1 aliphatic rings. The monoisotopic (exact) mass is 338 g/mol. The van der Waals surface area contributed by atoms with E-state index in [0.717, 1.165) is 23.9 Å². The van der Waals surface area contributed by atoms with Crippen LogP contribution in [0, 0.1) is 5.92 Å². The molecule has 0 spiro atoms. The molecule has 1 aliphatic heterocycles. The van der Waals surface area contributed by atoms with Crippen LogP contribution in [-0.2, 0) is 4.79 Å². The Morgan fingerprint density at radius 3 is 2.75 bits per heavy atom. The number of fused-ring (bicyclic) bond motifs is 1. The first-order chi connectivity index (χ1) is 9.63. The van der Waals surface area contributed by atoms with Gasteiger partial charge in [0.15, 0.2) is 0 Å². The number of aromatic nitrogens is 2. The van der Waals surface area contributed by atoms with Gasteiger partial charge < -0.3 is 20.6 Å². The highest BCUT2D eigenvalue weighted by molar-refractivity contribution is 9.10. The molecule has 1 aromatic heterocycles. The van der Waals surface area contributed by atoms with Gasteiger partial charge >= 0.3 is 5.69 Å². The third kappa shape index (κ3) is 2.64. The molecule has 0 unspecified atom stereocenters. The van der Waals surface area contributed by atoms with Crippen molar-refractivity contribution in [2.45, 2.75) is 12.8 Å². The Kier molecular flexibility index (Phi) is 3.62. The summed E-state index contributed by atoms with van der Waals surface area (Å²) in [6.07, 6.45) is 1.92. The minimum Gasteiger partial charge on any atom is -0.325 e. The van der Waals surface area contributed by atoms with Gasteiger partial charge in [0.25, 0.3) is 0 Å². The minimum absolute atomic E-state index is 0.00313. The Balaban J connectivity index is 1.84. The van der Waals surface area contributed by atoms with Gasteiger partial charge in [0, 0.05) is 11.0 Å². The first-order valence-corrected chi connectivity index (χ1v) is 7.36. The number of imidazole rings is 1. The van der Waals surface area contributed by atoms with Crippen molar-refractivity contribution in [1.29, 1.82) is 0 Å². The van der Waals surface area contributed by atoms with Gasteiger partial charge in [-0.2, -0.15) is 0 Å². The number of piperidine rings is 1. The molecule has 4 N–H and O–H groups in total. The number of hydrogen-bond donors (Lipinski definition) is 4. The number of H-pyrrole nitrogens is 2. The smallest absolute Gasteiger partial charge is 0.323 e. The van der Waals surface area contributed by atoms with Crippen molar-refractivity contribution in [3.8, 4) is 0 Å². The zero-order valence-electron chi connectivity index (χ0n) is 10.8. The molecular weight excluding hydrogens is 324 g/mol. The van der Waals surface area contributed by atoms with Gasteiger partial charge in [0.1, 0.15) is 0 Å². The molecule has 1 atom stereocenters. The first kappa shape index (κ1) is 13.4. The third-order valence-electron chi connectivity index (χ3n) is 3.53. The molecule has 0 bridgehead atoms. The van der Waals surface area contributed by atoms with Crippen molar-refractivity contribution >= 4 is 38.6 Å². The number of hydrogen-bond acceptors (Lipinski definition) is 3. The largest absolute Gasteiger partial charge is 0.325 e. The van der Waals surface area contributed by atoms with Crippen molar-refractivity contribution in [3.63, 3.8) is 0 Å². The van der Waals surface area contributed by atoms with Crippen LogP contribution in [0.4, 0.5) is 5.69 Å². The maximum atomic E-state index is 12.2. The van der Waals surface area contributed by atoms with Crippen molar-refractivity contribution < 1.29 is 4.79 Å². The number of rotatable bonds is 2. The molecule has 6 nitrogen and oxygen atoms in total. The van der Waals surface area contributed by atoms with Crippen molar-refractivity contribution in [2.75, 3.05) is 18.4 Å². The van der Waals surface area contributed by atoms with Crippen LogP contribution in [0.2, 0.25) is 0 Å². The molecule has 106 valence electrons. The van der Waals surface area contributed by atoms with E-state index >= 15 is 0 Å². The van der Waals surface area contributed by atoms with E-state index in [0.29, 0.717) is 23.3 Å². The SMILES string of the molecule is O=C(Nc1cc2[nH]c(=O)[nH]c2cc1Br)[C@H]1CCCNC1. The van der Waals surface area contributed by atoms with Crippen LogP contribution in [-0.4, -0.2) is 29.0 Å².